The minimum absolute atomic E-state index is 0.0398. The second kappa shape index (κ2) is 10.9. The quantitative estimate of drug-likeness (QED) is 0.718. The highest BCUT2D eigenvalue weighted by Crippen LogP contribution is 2.16. The molecule has 0 heterocycles. The van der Waals surface area contributed by atoms with Crippen LogP contribution in [0.2, 0.25) is 0 Å². The van der Waals surface area contributed by atoms with Gasteiger partial charge in [-0.3, -0.25) is 14.4 Å². The lowest BCUT2D eigenvalue weighted by atomic mass is 10.1. The molecule has 5 nitrogen and oxygen atoms in total. The molecule has 0 fully saturated rings. The van der Waals surface area contributed by atoms with Gasteiger partial charge in [0.05, 0.1) is 12.3 Å². The zero-order valence-corrected chi connectivity index (χ0v) is 15.4. The van der Waals surface area contributed by atoms with Gasteiger partial charge in [-0.15, -0.1) is 0 Å². The summed E-state index contributed by atoms with van der Waals surface area (Å²) in [5.74, 6) is -0.00467. The van der Waals surface area contributed by atoms with Crippen LogP contribution in [0.4, 0.5) is 5.69 Å². The Bertz CT molecular complexity index is 575. The number of anilines is 1. The summed E-state index contributed by atoms with van der Waals surface area (Å²) in [6.07, 6.45) is 2.17. The molecule has 1 rings (SSSR count). The van der Waals surface area contributed by atoms with E-state index < -0.39 is 0 Å². The smallest absolute Gasteiger partial charge is 0.234 e. The van der Waals surface area contributed by atoms with Gasteiger partial charge in [-0.2, -0.15) is 0 Å². The van der Waals surface area contributed by atoms with Crippen LogP contribution >= 0.6 is 11.8 Å². The van der Waals surface area contributed by atoms with Crippen LogP contribution in [-0.4, -0.2) is 29.2 Å². The molecule has 0 aliphatic heterocycles. The summed E-state index contributed by atoms with van der Waals surface area (Å²) in [5, 5.41) is 5.20. The van der Waals surface area contributed by atoms with Crippen molar-refractivity contribution in [3.63, 3.8) is 0 Å². The van der Waals surface area contributed by atoms with Gasteiger partial charge < -0.3 is 10.6 Å². The number of thioether (sulfide) groups is 1. The molecule has 1 aromatic carbocycles. The Morgan fingerprint density at radius 2 is 1.83 bits per heavy atom. The van der Waals surface area contributed by atoms with Gasteiger partial charge in [-0.25, -0.2) is 0 Å². The molecule has 0 aliphatic carbocycles. The van der Waals surface area contributed by atoms with Crippen LogP contribution < -0.4 is 10.6 Å². The zero-order valence-electron chi connectivity index (χ0n) is 14.6. The molecule has 0 spiro atoms. The summed E-state index contributed by atoms with van der Waals surface area (Å²) in [6.45, 7) is 5.99. The van der Waals surface area contributed by atoms with Gasteiger partial charge in [0.25, 0.3) is 0 Å². The van der Waals surface area contributed by atoms with Crippen LogP contribution in [0.3, 0.4) is 0 Å². The average molecular weight is 350 g/mol. The predicted molar refractivity (Wildman–Crippen MR) is 99.0 cm³/mol. The maximum Gasteiger partial charge on any atom is 0.234 e. The molecule has 132 valence electrons. The van der Waals surface area contributed by atoms with Crippen molar-refractivity contribution in [3.8, 4) is 0 Å². The number of hydrogen-bond acceptors (Lipinski definition) is 4. The Morgan fingerprint density at radius 3 is 2.50 bits per heavy atom. The normalized spacial score (nSPS) is 11.6. The van der Waals surface area contributed by atoms with Crippen LogP contribution in [0.25, 0.3) is 0 Å². The van der Waals surface area contributed by atoms with Crippen LogP contribution in [0.1, 0.15) is 39.2 Å². The SMILES string of the molecule is CCc1ccccc1NC(=O)CSC(=O)CNC(=O)C[C@H](C)CC. The molecule has 2 amide bonds. The van der Waals surface area contributed by atoms with Crippen molar-refractivity contribution in [1.29, 1.82) is 0 Å². The molecule has 1 aromatic rings. The summed E-state index contributed by atoms with van der Waals surface area (Å²) < 4.78 is 0. The maximum absolute atomic E-state index is 11.9. The first-order chi connectivity index (χ1) is 11.5. The second-order valence-electron chi connectivity index (χ2n) is 5.71. The van der Waals surface area contributed by atoms with Crippen molar-refractivity contribution >= 4 is 34.4 Å². The molecule has 24 heavy (non-hydrogen) atoms. The lowest BCUT2D eigenvalue weighted by molar-refractivity contribution is -0.123. The Hall–Kier alpha value is -1.82. The Labute approximate surface area is 148 Å². The standard InChI is InChI=1S/C18H26N2O3S/c1-4-13(3)10-16(21)19-11-18(23)24-12-17(22)20-15-9-7-6-8-14(15)5-2/h6-9,13H,4-5,10-12H2,1-3H3,(H,19,21)(H,20,22)/t13-/m1/s1. The Balaban J connectivity index is 2.31. The van der Waals surface area contributed by atoms with Crippen LogP contribution in [0.15, 0.2) is 24.3 Å². The maximum atomic E-state index is 11.9. The van der Waals surface area contributed by atoms with E-state index in [0.717, 1.165) is 35.9 Å². The highest BCUT2D eigenvalue weighted by atomic mass is 32.2. The highest BCUT2D eigenvalue weighted by Gasteiger charge is 2.12. The number of nitrogens with one attached hydrogen (secondary N) is 2. The minimum Gasteiger partial charge on any atom is -0.348 e. The first-order valence-corrected chi connectivity index (χ1v) is 9.24. The van der Waals surface area contributed by atoms with Gasteiger partial charge in [0.1, 0.15) is 0 Å². The van der Waals surface area contributed by atoms with Crippen molar-refractivity contribution in [2.24, 2.45) is 5.92 Å². The number of aryl methyl sites for hydroxylation is 1. The molecule has 2 N–H and O–H groups in total. The number of carbonyl (C=O) groups excluding carboxylic acids is 3. The summed E-state index contributed by atoms with van der Waals surface area (Å²) in [4.78, 5) is 35.3. The van der Waals surface area contributed by atoms with Gasteiger partial charge >= 0.3 is 0 Å². The van der Waals surface area contributed by atoms with Crippen molar-refractivity contribution in [1.82, 2.24) is 5.32 Å². The number of amides is 2. The topological polar surface area (TPSA) is 75.3 Å². The molecule has 0 unspecified atom stereocenters. The molecule has 0 saturated heterocycles. The fraction of sp³-hybridized carbons (Fsp3) is 0.500. The van der Waals surface area contributed by atoms with E-state index in [1.54, 1.807) is 0 Å². The molecule has 0 radical (unpaired) electrons. The molecular formula is C18H26N2O3S. The fourth-order valence-electron chi connectivity index (χ4n) is 2.04. The van der Waals surface area contributed by atoms with Gasteiger partial charge in [-0.05, 0) is 24.0 Å². The molecule has 6 heteroatoms. The van der Waals surface area contributed by atoms with Crippen LogP contribution in [0, 0.1) is 5.92 Å². The zero-order chi connectivity index (χ0) is 17.9. The predicted octanol–water partition coefficient (Wildman–Crippen LogP) is 3.00. The van der Waals surface area contributed by atoms with Gasteiger partial charge in [0.2, 0.25) is 16.9 Å². The number of carbonyl (C=O) groups is 3. The molecule has 0 bridgehead atoms. The van der Waals surface area contributed by atoms with E-state index in [1.165, 1.54) is 0 Å². The third kappa shape index (κ3) is 7.64. The lowest BCUT2D eigenvalue weighted by Gasteiger charge is -2.10. The number of hydrogen-bond donors (Lipinski definition) is 2. The van der Waals surface area contributed by atoms with E-state index in [2.05, 4.69) is 10.6 Å². The first-order valence-electron chi connectivity index (χ1n) is 8.26. The fourth-order valence-corrected chi connectivity index (χ4v) is 2.58. The van der Waals surface area contributed by atoms with E-state index in [4.69, 9.17) is 0 Å². The average Bonchev–Trinajstić information content (AvgIpc) is 2.58. The van der Waals surface area contributed by atoms with Crippen molar-refractivity contribution < 1.29 is 14.4 Å². The van der Waals surface area contributed by atoms with E-state index in [-0.39, 0.29) is 29.2 Å². The van der Waals surface area contributed by atoms with Gasteiger partial charge in [-0.1, -0.05) is 57.2 Å². The van der Waals surface area contributed by atoms with Crippen LogP contribution in [-0.2, 0) is 20.8 Å². The highest BCUT2D eigenvalue weighted by molar-refractivity contribution is 8.14. The molecule has 0 aliphatic rings. The van der Waals surface area contributed by atoms with Gasteiger partial charge in [0.15, 0.2) is 0 Å². The van der Waals surface area contributed by atoms with Gasteiger partial charge in [0, 0.05) is 12.1 Å². The first kappa shape index (κ1) is 20.2. The monoisotopic (exact) mass is 350 g/mol. The third-order valence-corrected chi connectivity index (χ3v) is 4.57. The van der Waals surface area contributed by atoms with Crippen molar-refractivity contribution in [2.45, 2.75) is 40.0 Å². The molecule has 0 saturated carbocycles. The van der Waals surface area contributed by atoms with Crippen molar-refractivity contribution in [2.75, 3.05) is 17.6 Å². The number of rotatable bonds is 9. The second-order valence-corrected chi connectivity index (χ2v) is 6.75. The largest absolute Gasteiger partial charge is 0.348 e. The van der Waals surface area contributed by atoms with Crippen molar-refractivity contribution in [3.05, 3.63) is 29.8 Å². The molecule has 0 aromatic heterocycles. The Kier molecular flexibility index (Phi) is 9.15. The number of benzene rings is 1. The number of para-hydroxylation sites is 1. The van der Waals surface area contributed by atoms with E-state index in [1.807, 2.05) is 45.0 Å². The summed E-state index contributed by atoms with van der Waals surface area (Å²) >= 11 is 0.918. The Morgan fingerprint density at radius 1 is 1.12 bits per heavy atom. The summed E-state index contributed by atoms with van der Waals surface area (Å²) in [5.41, 5.74) is 1.83. The van der Waals surface area contributed by atoms with Crippen LogP contribution in [0.5, 0.6) is 0 Å². The summed E-state index contributed by atoms with van der Waals surface area (Å²) in [6, 6.07) is 7.59. The van der Waals surface area contributed by atoms with E-state index >= 15 is 0 Å². The van der Waals surface area contributed by atoms with E-state index in [0.29, 0.717) is 12.3 Å². The summed E-state index contributed by atoms with van der Waals surface area (Å²) in [7, 11) is 0. The molecule has 1 atom stereocenters. The van der Waals surface area contributed by atoms with E-state index in [9.17, 15) is 14.4 Å². The lowest BCUT2D eigenvalue weighted by Crippen LogP contribution is -2.30. The minimum atomic E-state index is -0.222. The molecular weight excluding hydrogens is 324 g/mol. The third-order valence-electron chi connectivity index (χ3n) is 3.70.